The Morgan fingerprint density at radius 3 is 2.75 bits per heavy atom. The number of hydrogen-bond acceptors (Lipinski definition) is 4. The zero-order valence-corrected chi connectivity index (χ0v) is 15.7. The molecule has 0 spiro atoms. The molecule has 28 heavy (non-hydrogen) atoms. The standard InChI is InChI=1S/C22H24N2O4/c25-21(23-18-9-10-19-20(13-18)28-15-27-19)12-17-8-4-5-11-24(22(17)26)14-16-6-2-1-3-7-16/h1-3,6-7,9-10,13,17H,4-5,8,11-12,14-15H2,(H,23,25). The summed E-state index contributed by atoms with van der Waals surface area (Å²) in [6, 6.07) is 15.3. The maximum atomic E-state index is 13.0. The molecule has 2 heterocycles. The van der Waals surface area contributed by atoms with Gasteiger partial charge in [0.15, 0.2) is 11.5 Å². The smallest absolute Gasteiger partial charge is 0.231 e. The van der Waals surface area contributed by atoms with Crippen molar-refractivity contribution in [2.24, 2.45) is 5.92 Å². The largest absolute Gasteiger partial charge is 0.454 e. The normalized spacial score (nSPS) is 18.6. The molecule has 1 N–H and O–H groups in total. The summed E-state index contributed by atoms with van der Waals surface area (Å²) in [5.41, 5.74) is 1.76. The van der Waals surface area contributed by atoms with Crippen LogP contribution >= 0.6 is 0 Å². The summed E-state index contributed by atoms with van der Waals surface area (Å²) < 4.78 is 10.6. The molecule has 0 radical (unpaired) electrons. The van der Waals surface area contributed by atoms with Gasteiger partial charge in [0.05, 0.1) is 0 Å². The lowest BCUT2D eigenvalue weighted by Crippen LogP contribution is -2.36. The van der Waals surface area contributed by atoms with E-state index >= 15 is 0 Å². The number of ether oxygens (including phenoxy) is 2. The minimum absolute atomic E-state index is 0.0715. The zero-order chi connectivity index (χ0) is 19.3. The Hall–Kier alpha value is -3.02. The number of hydrogen-bond donors (Lipinski definition) is 1. The van der Waals surface area contributed by atoms with E-state index in [1.807, 2.05) is 35.2 Å². The molecular weight excluding hydrogens is 356 g/mol. The molecule has 6 nitrogen and oxygen atoms in total. The Kier molecular flexibility index (Phi) is 5.46. The lowest BCUT2D eigenvalue weighted by molar-refractivity contribution is -0.137. The third-order valence-electron chi connectivity index (χ3n) is 5.20. The van der Waals surface area contributed by atoms with Gasteiger partial charge in [-0.3, -0.25) is 9.59 Å². The van der Waals surface area contributed by atoms with Gasteiger partial charge in [-0.2, -0.15) is 0 Å². The number of amides is 2. The minimum atomic E-state index is -0.278. The Bertz CT molecular complexity index is 853. The predicted molar refractivity (Wildman–Crippen MR) is 105 cm³/mol. The van der Waals surface area contributed by atoms with E-state index in [4.69, 9.17) is 9.47 Å². The molecular formula is C22H24N2O4. The summed E-state index contributed by atoms with van der Waals surface area (Å²) in [6.07, 6.45) is 2.87. The highest BCUT2D eigenvalue weighted by Gasteiger charge is 2.29. The van der Waals surface area contributed by atoms with E-state index < -0.39 is 0 Å². The van der Waals surface area contributed by atoms with Crippen LogP contribution in [0.3, 0.4) is 0 Å². The van der Waals surface area contributed by atoms with Gasteiger partial charge < -0.3 is 19.7 Å². The zero-order valence-electron chi connectivity index (χ0n) is 15.7. The van der Waals surface area contributed by atoms with Crippen LogP contribution in [0.2, 0.25) is 0 Å². The Labute approximate surface area is 164 Å². The van der Waals surface area contributed by atoms with Gasteiger partial charge in [0.2, 0.25) is 18.6 Å². The Morgan fingerprint density at radius 2 is 1.89 bits per heavy atom. The van der Waals surface area contributed by atoms with Crippen molar-refractivity contribution in [3.05, 3.63) is 54.1 Å². The van der Waals surface area contributed by atoms with Gasteiger partial charge in [0.1, 0.15) is 0 Å². The molecule has 146 valence electrons. The molecule has 1 saturated heterocycles. The van der Waals surface area contributed by atoms with Crippen LogP contribution in [0, 0.1) is 5.92 Å². The van der Waals surface area contributed by atoms with Crippen molar-refractivity contribution < 1.29 is 19.1 Å². The second-order valence-corrected chi connectivity index (χ2v) is 7.26. The number of carbonyl (C=O) groups is 2. The van der Waals surface area contributed by atoms with E-state index in [0.717, 1.165) is 31.4 Å². The van der Waals surface area contributed by atoms with Crippen LogP contribution in [-0.4, -0.2) is 30.1 Å². The first-order valence-corrected chi connectivity index (χ1v) is 9.71. The van der Waals surface area contributed by atoms with Crippen molar-refractivity contribution in [1.82, 2.24) is 4.90 Å². The predicted octanol–water partition coefficient (Wildman–Crippen LogP) is 3.57. The molecule has 6 heteroatoms. The number of benzene rings is 2. The van der Waals surface area contributed by atoms with Gasteiger partial charge in [0.25, 0.3) is 0 Å². The highest BCUT2D eigenvalue weighted by Crippen LogP contribution is 2.34. The summed E-state index contributed by atoms with van der Waals surface area (Å²) in [5.74, 6) is 0.937. The van der Waals surface area contributed by atoms with Crippen LogP contribution in [0.5, 0.6) is 11.5 Å². The van der Waals surface area contributed by atoms with Crippen molar-refractivity contribution in [2.75, 3.05) is 18.7 Å². The van der Waals surface area contributed by atoms with Crippen LogP contribution < -0.4 is 14.8 Å². The van der Waals surface area contributed by atoms with E-state index in [1.54, 1.807) is 18.2 Å². The van der Waals surface area contributed by atoms with Gasteiger partial charge in [-0.05, 0) is 30.5 Å². The Balaban J connectivity index is 1.38. The number of rotatable bonds is 5. The first kappa shape index (κ1) is 18.3. The molecule has 1 fully saturated rings. The van der Waals surface area contributed by atoms with Gasteiger partial charge in [-0.15, -0.1) is 0 Å². The SMILES string of the molecule is O=C(CC1CCCCN(Cc2ccccc2)C1=O)Nc1ccc2c(c1)OCO2. The summed E-state index contributed by atoms with van der Waals surface area (Å²) in [6.45, 7) is 1.54. The highest BCUT2D eigenvalue weighted by molar-refractivity contribution is 5.94. The molecule has 4 rings (SSSR count). The number of fused-ring (bicyclic) bond motifs is 1. The van der Waals surface area contributed by atoms with Crippen LogP contribution in [0.1, 0.15) is 31.2 Å². The van der Waals surface area contributed by atoms with Gasteiger partial charge in [-0.1, -0.05) is 36.8 Å². The third kappa shape index (κ3) is 4.27. The van der Waals surface area contributed by atoms with Gasteiger partial charge in [-0.25, -0.2) is 0 Å². The summed E-state index contributed by atoms with van der Waals surface area (Å²) >= 11 is 0. The van der Waals surface area contributed by atoms with Crippen LogP contribution in [0.4, 0.5) is 5.69 Å². The number of carbonyl (C=O) groups excluding carboxylic acids is 2. The molecule has 0 aliphatic carbocycles. The number of likely N-dealkylation sites (tertiary alicyclic amines) is 1. The molecule has 2 aromatic carbocycles. The maximum Gasteiger partial charge on any atom is 0.231 e. The summed E-state index contributed by atoms with van der Waals surface area (Å²) in [7, 11) is 0. The fourth-order valence-electron chi connectivity index (χ4n) is 3.75. The van der Waals surface area contributed by atoms with Crippen molar-refractivity contribution in [1.29, 1.82) is 0 Å². The molecule has 1 atom stereocenters. The third-order valence-corrected chi connectivity index (χ3v) is 5.20. The quantitative estimate of drug-likeness (QED) is 0.861. The van der Waals surface area contributed by atoms with Crippen LogP contribution in [0.25, 0.3) is 0 Å². The Morgan fingerprint density at radius 1 is 1.07 bits per heavy atom. The van der Waals surface area contributed by atoms with Crippen molar-refractivity contribution in [3.8, 4) is 11.5 Å². The number of anilines is 1. The van der Waals surface area contributed by atoms with E-state index in [2.05, 4.69) is 5.32 Å². The maximum absolute atomic E-state index is 13.0. The second-order valence-electron chi connectivity index (χ2n) is 7.26. The highest BCUT2D eigenvalue weighted by atomic mass is 16.7. The average molecular weight is 380 g/mol. The molecule has 2 aliphatic rings. The fraction of sp³-hybridized carbons (Fsp3) is 0.364. The number of nitrogens with zero attached hydrogens (tertiary/aromatic N) is 1. The fourth-order valence-corrected chi connectivity index (χ4v) is 3.75. The monoisotopic (exact) mass is 380 g/mol. The molecule has 1 unspecified atom stereocenters. The van der Waals surface area contributed by atoms with Crippen molar-refractivity contribution in [3.63, 3.8) is 0 Å². The van der Waals surface area contributed by atoms with E-state index in [9.17, 15) is 9.59 Å². The molecule has 0 saturated carbocycles. The lowest BCUT2D eigenvalue weighted by atomic mass is 9.98. The molecule has 2 aliphatic heterocycles. The van der Waals surface area contributed by atoms with Gasteiger partial charge >= 0.3 is 0 Å². The first-order chi connectivity index (χ1) is 13.7. The summed E-state index contributed by atoms with van der Waals surface area (Å²) in [5, 5.41) is 2.88. The summed E-state index contributed by atoms with van der Waals surface area (Å²) in [4.78, 5) is 27.4. The average Bonchev–Trinajstić information content (AvgIpc) is 3.10. The van der Waals surface area contributed by atoms with Crippen molar-refractivity contribution in [2.45, 2.75) is 32.2 Å². The number of nitrogens with one attached hydrogen (secondary N) is 1. The molecule has 0 aromatic heterocycles. The van der Waals surface area contributed by atoms with E-state index in [-0.39, 0.29) is 30.9 Å². The molecule has 2 amide bonds. The molecule has 2 aromatic rings. The van der Waals surface area contributed by atoms with Crippen LogP contribution in [0.15, 0.2) is 48.5 Å². The van der Waals surface area contributed by atoms with Crippen molar-refractivity contribution >= 4 is 17.5 Å². The lowest BCUT2D eigenvalue weighted by Gasteiger charge is -2.24. The first-order valence-electron chi connectivity index (χ1n) is 9.71. The second kappa shape index (κ2) is 8.33. The van der Waals surface area contributed by atoms with Gasteiger partial charge in [0, 0.05) is 37.2 Å². The molecule has 0 bridgehead atoms. The van der Waals surface area contributed by atoms with Crippen LogP contribution in [-0.2, 0) is 16.1 Å². The van der Waals surface area contributed by atoms with E-state index in [1.165, 1.54) is 0 Å². The topological polar surface area (TPSA) is 67.9 Å². The minimum Gasteiger partial charge on any atom is -0.454 e. The van der Waals surface area contributed by atoms with E-state index in [0.29, 0.717) is 23.7 Å².